The van der Waals surface area contributed by atoms with Crippen LogP contribution in [0.1, 0.15) is 79.0 Å². The molecular formula is C33H40N6O3. The SMILES string of the molecule is CC(Oc1cccc(-c2cccc(-n3ncc(C(=O)O)c3[C@@H]3C[C@H]3c3cn(CCN(C)C)nn3)c2)c1)C1CCCCC1. The Kier molecular flexibility index (Phi) is 8.11. The number of hydrogen-bond acceptors (Lipinski definition) is 6. The molecule has 2 saturated carbocycles. The second-order valence-electron chi connectivity index (χ2n) is 12.1. The van der Waals surface area contributed by atoms with E-state index in [4.69, 9.17) is 4.74 Å². The number of carboxylic acid groups (broad SMARTS) is 1. The van der Waals surface area contributed by atoms with Crippen LogP contribution in [0.5, 0.6) is 5.75 Å². The molecule has 2 aliphatic carbocycles. The van der Waals surface area contributed by atoms with Crippen LogP contribution in [0.3, 0.4) is 0 Å². The van der Waals surface area contributed by atoms with E-state index in [0.717, 1.165) is 47.8 Å². The molecule has 3 atom stereocenters. The lowest BCUT2D eigenvalue weighted by Gasteiger charge is -2.28. The summed E-state index contributed by atoms with van der Waals surface area (Å²) in [6.45, 7) is 3.82. The lowest BCUT2D eigenvalue weighted by Crippen LogP contribution is -2.25. The quantitative estimate of drug-likeness (QED) is 0.237. The number of carbonyl (C=O) groups is 1. The van der Waals surface area contributed by atoms with Gasteiger partial charge >= 0.3 is 5.97 Å². The van der Waals surface area contributed by atoms with Crippen LogP contribution in [-0.4, -0.2) is 67.5 Å². The highest BCUT2D eigenvalue weighted by molar-refractivity contribution is 5.89. The van der Waals surface area contributed by atoms with Gasteiger partial charge in [0.2, 0.25) is 0 Å². The predicted molar refractivity (Wildman–Crippen MR) is 161 cm³/mol. The van der Waals surface area contributed by atoms with Crippen LogP contribution < -0.4 is 4.74 Å². The number of carboxylic acids is 1. The Morgan fingerprint density at radius 1 is 1.07 bits per heavy atom. The number of aromatic nitrogens is 5. The summed E-state index contributed by atoms with van der Waals surface area (Å²) in [5.74, 6) is 0.656. The lowest BCUT2D eigenvalue weighted by molar-refractivity contribution is 0.0695. The Bertz CT molecular complexity index is 1540. The van der Waals surface area contributed by atoms with E-state index >= 15 is 0 Å². The van der Waals surface area contributed by atoms with Gasteiger partial charge in [0, 0.05) is 24.6 Å². The molecule has 2 aromatic carbocycles. The summed E-state index contributed by atoms with van der Waals surface area (Å²) in [5, 5.41) is 23.3. The van der Waals surface area contributed by atoms with E-state index in [9.17, 15) is 9.90 Å². The molecule has 1 unspecified atom stereocenters. The van der Waals surface area contributed by atoms with Gasteiger partial charge in [0.05, 0.1) is 35.9 Å². The van der Waals surface area contributed by atoms with Gasteiger partial charge in [-0.3, -0.25) is 4.68 Å². The molecule has 0 bridgehead atoms. The molecule has 2 fully saturated rings. The molecule has 0 aliphatic heterocycles. The maximum atomic E-state index is 12.2. The minimum absolute atomic E-state index is 0.0132. The molecule has 1 N–H and O–H groups in total. The lowest BCUT2D eigenvalue weighted by atomic mass is 9.86. The van der Waals surface area contributed by atoms with E-state index in [1.54, 1.807) is 4.68 Å². The molecule has 0 spiro atoms. The van der Waals surface area contributed by atoms with Gasteiger partial charge in [-0.15, -0.1) is 5.10 Å². The van der Waals surface area contributed by atoms with Crippen LogP contribution in [0.4, 0.5) is 0 Å². The molecule has 0 radical (unpaired) electrons. The second-order valence-corrected chi connectivity index (χ2v) is 12.1. The molecule has 42 heavy (non-hydrogen) atoms. The van der Waals surface area contributed by atoms with E-state index in [1.807, 2.05) is 49.2 Å². The van der Waals surface area contributed by atoms with Crippen molar-refractivity contribution in [3.8, 4) is 22.6 Å². The number of hydrogen-bond donors (Lipinski definition) is 1. The van der Waals surface area contributed by atoms with Crippen molar-refractivity contribution in [2.45, 2.75) is 69.9 Å². The molecule has 9 nitrogen and oxygen atoms in total. The molecule has 2 aliphatic rings. The molecule has 0 saturated heterocycles. The molecule has 220 valence electrons. The van der Waals surface area contributed by atoms with Gasteiger partial charge in [-0.2, -0.15) is 5.10 Å². The van der Waals surface area contributed by atoms with Crippen LogP contribution in [0.25, 0.3) is 16.8 Å². The summed E-state index contributed by atoms with van der Waals surface area (Å²) in [6, 6.07) is 16.4. The van der Waals surface area contributed by atoms with Crippen molar-refractivity contribution >= 4 is 5.97 Å². The summed E-state index contributed by atoms with van der Waals surface area (Å²) >= 11 is 0. The summed E-state index contributed by atoms with van der Waals surface area (Å²) in [5.41, 5.74) is 4.76. The molecule has 9 heteroatoms. The predicted octanol–water partition coefficient (Wildman–Crippen LogP) is 6.01. The topological polar surface area (TPSA) is 98.3 Å². The minimum Gasteiger partial charge on any atom is -0.490 e. The molecule has 2 heterocycles. The van der Waals surface area contributed by atoms with Crippen molar-refractivity contribution in [2.75, 3.05) is 20.6 Å². The largest absolute Gasteiger partial charge is 0.490 e. The van der Waals surface area contributed by atoms with Crippen LogP contribution in [0.15, 0.2) is 60.9 Å². The van der Waals surface area contributed by atoms with Gasteiger partial charge in [-0.1, -0.05) is 48.7 Å². The monoisotopic (exact) mass is 568 g/mol. The van der Waals surface area contributed by atoms with Crippen molar-refractivity contribution in [3.05, 3.63) is 77.9 Å². The highest BCUT2D eigenvalue weighted by Gasteiger charge is 2.46. The van der Waals surface area contributed by atoms with Crippen molar-refractivity contribution < 1.29 is 14.6 Å². The van der Waals surface area contributed by atoms with E-state index in [-0.39, 0.29) is 23.5 Å². The first-order valence-electron chi connectivity index (χ1n) is 15.1. The molecular weight excluding hydrogens is 528 g/mol. The first-order valence-corrected chi connectivity index (χ1v) is 15.1. The smallest absolute Gasteiger partial charge is 0.339 e. The summed E-state index contributed by atoms with van der Waals surface area (Å²) in [7, 11) is 4.06. The summed E-state index contributed by atoms with van der Waals surface area (Å²) in [4.78, 5) is 14.3. The number of nitrogens with zero attached hydrogens (tertiary/aromatic N) is 6. The van der Waals surface area contributed by atoms with Crippen molar-refractivity contribution in [2.24, 2.45) is 5.92 Å². The second kappa shape index (κ2) is 12.1. The van der Waals surface area contributed by atoms with Crippen LogP contribution in [-0.2, 0) is 6.54 Å². The maximum absolute atomic E-state index is 12.2. The van der Waals surface area contributed by atoms with E-state index in [0.29, 0.717) is 11.6 Å². The first-order chi connectivity index (χ1) is 20.4. The normalized spacial score (nSPS) is 19.6. The van der Waals surface area contributed by atoms with E-state index < -0.39 is 5.97 Å². The van der Waals surface area contributed by atoms with Gasteiger partial charge in [0.1, 0.15) is 11.3 Å². The Labute approximate surface area is 247 Å². The average molecular weight is 569 g/mol. The summed E-state index contributed by atoms with van der Waals surface area (Å²) < 4.78 is 10.1. The fourth-order valence-electron chi connectivity index (χ4n) is 6.28. The third-order valence-corrected chi connectivity index (χ3v) is 8.78. The number of rotatable bonds is 11. The fraction of sp³-hybridized carbons (Fsp3) is 0.455. The Balaban J connectivity index is 1.23. The maximum Gasteiger partial charge on any atom is 0.339 e. The Morgan fingerprint density at radius 2 is 1.83 bits per heavy atom. The van der Waals surface area contributed by atoms with Crippen LogP contribution >= 0.6 is 0 Å². The van der Waals surface area contributed by atoms with Crippen LogP contribution in [0, 0.1) is 5.92 Å². The minimum atomic E-state index is -0.968. The van der Waals surface area contributed by atoms with Gasteiger partial charge in [-0.05, 0) is 81.6 Å². The average Bonchev–Trinajstić information content (AvgIpc) is 3.42. The number of ether oxygens (including phenoxy) is 1. The molecule has 6 rings (SSSR count). The van der Waals surface area contributed by atoms with Gasteiger partial charge in [0.25, 0.3) is 0 Å². The number of likely N-dealkylation sites (N-methyl/N-ethyl adjacent to an activating group) is 1. The van der Waals surface area contributed by atoms with Crippen LogP contribution in [0.2, 0.25) is 0 Å². The van der Waals surface area contributed by atoms with Gasteiger partial charge in [-0.25, -0.2) is 9.48 Å². The van der Waals surface area contributed by atoms with Gasteiger partial charge < -0.3 is 14.7 Å². The Morgan fingerprint density at radius 3 is 2.60 bits per heavy atom. The zero-order valence-electron chi connectivity index (χ0n) is 24.7. The van der Waals surface area contributed by atoms with E-state index in [1.165, 1.54) is 38.3 Å². The highest BCUT2D eigenvalue weighted by Crippen LogP contribution is 2.55. The number of aromatic carboxylic acids is 1. The molecule has 0 amide bonds. The van der Waals surface area contributed by atoms with Gasteiger partial charge in [0.15, 0.2) is 0 Å². The number of benzene rings is 2. The first kappa shape index (κ1) is 28.2. The summed E-state index contributed by atoms with van der Waals surface area (Å²) in [6.07, 6.45) is 10.9. The van der Waals surface area contributed by atoms with Crippen molar-refractivity contribution in [1.29, 1.82) is 0 Å². The standard InChI is InChI=1S/C33H40N6O3/c1-22(23-9-5-4-6-10-23)42-27-14-8-12-25(18-27)24-11-7-13-26(17-24)39-32(30(20-34-39)33(40)41)29-19-28(29)31-21-38(36-35-31)16-15-37(2)3/h7-8,11-14,17-18,20-23,28-29H,4-6,9-10,15-16,19H2,1-3H3,(H,40,41)/t22?,28-,29-/m1/s1. The molecule has 2 aromatic heterocycles. The molecule has 4 aromatic rings. The van der Waals surface area contributed by atoms with Crippen molar-refractivity contribution in [1.82, 2.24) is 29.7 Å². The zero-order chi connectivity index (χ0) is 29.2. The third-order valence-electron chi connectivity index (χ3n) is 8.78. The zero-order valence-corrected chi connectivity index (χ0v) is 24.7. The van der Waals surface area contributed by atoms with Crippen molar-refractivity contribution in [3.63, 3.8) is 0 Å². The van der Waals surface area contributed by atoms with E-state index in [2.05, 4.69) is 51.5 Å². The Hall–Kier alpha value is -3.98. The highest BCUT2D eigenvalue weighted by atomic mass is 16.5. The third kappa shape index (κ3) is 6.11. The fourth-order valence-corrected chi connectivity index (χ4v) is 6.28.